The van der Waals surface area contributed by atoms with E-state index in [4.69, 9.17) is 10.8 Å². The summed E-state index contributed by atoms with van der Waals surface area (Å²) in [7, 11) is 0. The molecule has 8 nitrogen and oxygen atoms in total. The van der Waals surface area contributed by atoms with Crippen LogP contribution in [-0.4, -0.2) is 63.0 Å². The third-order valence-electron chi connectivity index (χ3n) is 3.89. The minimum atomic E-state index is -1.15. The van der Waals surface area contributed by atoms with Crippen LogP contribution in [0.5, 0.6) is 5.75 Å². The number of aliphatic hydroxyl groups excluding tert-OH is 1. The van der Waals surface area contributed by atoms with Crippen molar-refractivity contribution in [3.8, 4) is 5.75 Å². The standard InChI is InChI=1S/C15H21N3O5/c1-8(19)13(16)14-17-11(15(23)18(14)7-12(21)22)6-9-2-4-10(20)5-3-9/h2-5,8,11,13-14,17,19-20H,6-7,16H2,1H3,(H,21,22)/t8-,11-,13+,14?/m1/s1. The van der Waals surface area contributed by atoms with E-state index in [0.29, 0.717) is 6.42 Å². The molecule has 1 aromatic rings. The van der Waals surface area contributed by atoms with Crippen molar-refractivity contribution in [3.05, 3.63) is 29.8 Å². The molecule has 1 aliphatic rings. The van der Waals surface area contributed by atoms with Gasteiger partial charge in [-0.3, -0.25) is 14.9 Å². The maximum atomic E-state index is 12.5. The van der Waals surface area contributed by atoms with Crippen molar-refractivity contribution >= 4 is 11.9 Å². The summed E-state index contributed by atoms with van der Waals surface area (Å²) in [4.78, 5) is 24.6. The van der Waals surface area contributed by atoms with Gasteiger partial charge in [-0.05, 0) is 31.0 Å². The quantitative estimate of drug-likeness (QED) is 0.446. The number of hydrogen-bond donors (Lipinski definition) is 5. The van der Waals surface area contributed by atoms with Crippen LogP contribution in [0.15, 0.2) is 24.3 Å². The molecule has 0 aliphatic carbocycles. The molecule has 1 amide bonds. The molecule has 0 radical (unpaired) electrons. The van der Waals surface area contributed by atoms with E-state index >= 15 is 0 Å². The van der Waals surface area contributed by atoms with Crippen LogP contribution in [0.4, 0.5) is 0 Å². The fourth-order valence-corrected chi connectivity index (χ4v) is 2.62. The molecule has 126 valence electrons. The van der Waals surface area contributed by atoms with Gasteiger partial charge >= 0.3 is 5.97 Å². The van der Waals surface area contributed by atoms with Gasteiger partial charge < -0.3 is 26.0 Å². The summed E-state index contributed by atoms with van der Waals surface area (Å²) in [6, 6.07) is 4.98. The zero-order chi connectivity index (χ0) is 17.1. The van der Waals surface area contributed by atoms with Gasteiger partial charge in [-0.1, -0.05) is 12.1 Å². The average Bonchev–Trinajstić information content (AvgIpc) is 2.77. The Bertz CT molecular complexity index is 575. The predicted molar refractivity (Wildman–Crippen MR) is 81.5 cm³/mol. The number of rotatable bonds is 6. The first-order chi connectivity index (χ1) is 10.8. The molecule has 1 heterocycles. The minimum absolute atomic E-state index is 0.126. The fraction of sp³-hybridized carbons (Fsp3) is 0.467. The molecule has 23 heavy (non-hydrogen) atoms. The summed E-state index contributed by atoms with van der Waals surface area (Å²) in [5.41, 5.74) is 6.71. The Morgan fingerprint density at radius 2 is 2.00 bits per heavy atom. The molecule has 1 aliphatic heterocycles. The minimum Gasteiger partial charge on any atom is -0.508 e. The van der Waals surface area contributed by atoms with Crippen molar-refractivity contribution < 1.29 is 24.9 Å². The molecule has 0 saturated carbocycles. The first-order valence-electron chi connectivity index (χ1n) is 7.29. The van der Waals surface area contributed by atoms with Gasteiger partial charge in [0.2, 0.25) is 5.91 Å². The van der Waals surface area contributed by atoms with Crippen molar-refractivity contribution in [1.29, 1.82) is 0 Å². The molecule has 1 aromatic carbocycles. The highest BCUT2D eigenvalue weighted by Crippen LogP contribution is 2.19. The number of phenolic OH excluding ortho intramolecular Hbond substituents is 1. The Morgan fingerprint density at radius 3 is 2.52 bits per heavy atom. The van der Waals surface area contributed by atoms with E-state index in [-0.39, 0.29) is 11.7 Å². The lowest BCUT2D eigenvalue weighted by molar-refractivity contribution is -0.144. The van der Waals surface area contributed by atoms with Gasteiger partial charge in [-0.25, -0.2) is 0 Å². The molecule has 2 rings (SSSR count). The van der Waals surface area contributed by atoms with E-state index in [0.717, 1.165) is 10.5 Å². The lowest BCUT2D eigenvalue weighted by atomic mass is 10.1. The van der Waals surface area contributed by atoms with E-state index in [1.807, 2.05) is 0 Å². The number of carboxylic acid groups (broad SMARTS) is 1. The molecular formula is C15H21N3O5. The highest BCUT2D eigenvalue weighted by Gasteiger charge is 2.43. The number of carbonyl (C=O) groups excluding carboxylic acids is 1. The SMILES string of the molecule is C[C@@H](O)[C@H](N)C1N[C@H](Cc2ccc(O)cc2)C(=O)N1CC(=O)O. The second-order valence-corrected chi connectivity index (χ2v) is 5.71. The molecule has 1 saturated heterocycles. The number of nitrogens with two attached hydrogens (primary N) is 1. The number of aliphatic hydroxyl groups is 1. The summed E-state index contributed by atoms with van der Waals surface area (Å²) in [5, 5.41) is 30.9. The highest BCUT2D eigenvalue weighted by molar-refractivity contribution is 5.88. The van der Waals surface area contributed by atoms with E-state index in [1.165, 1.54) is 19.1 Å². The number of aliphatic carboxylic acids is 1. The van der Waals surface area contributed by atoms with Gasteiger partial charge in [0.25, 0.3) is 0 Å². The Balaban J connectivity index is 2.16. The highest BCUT2D eigenvalue weighted by atomic mass is 16.4. The lowest BCUT2D eigenvalue weighted by Crippen LogP contribution is -2.56. The Morgan fingerprint density at radius 1 is 1.39 bits per heavy atom. The molecule has 0 bridgehead atoms. The number of phenols is 1. The summed E-state index contributed by atoms with van der Waals surface area (Å²) in [6.07, 6.45) is -1.32. The fourth-order valence-electron chi connectivity index (χ4n) is 2.62. The number of amides is 1. The van der Waals surface area contributed by atoms with Gasteiger partial charge in [-0.2, -0.15) is 0 Å². The molecule has 4 atom stereocenters. The number of carbonyl (C=O) groups is 2. The summed E-state index contributed by atoms with van der Waals surface area (Å²) in [5.74, 6) is -1.39. The molecular weight excluding hydrogens is 302 g/mol. The van der Waals surface area contributed by atoms with Crippen molar-refractivity contribution in [3.63, 3.8) is 0 Å². The van der Waals surface area contributed by atoms with Crippen LogP contribution in [0, 0.1) is 0 Å². The van der Waals surface area contributed by atoms with Crippen molar-refractivity contribution in [2.45, 2.75) is 37.7 Å². The van der Waals surface area contributed by atoms with Gasteiger partial charge in [-0.15, -0.1) is 0 Å². The molecule has 0 spiro atoms. The Kier molecular flexibility index (Phi) is 5.19. The average molecular weight is 323 g/mol. The lowest BCUT2D eigenvalue weighted by Gasteiger charge is -2.29. The predicted octanol–water partition coefficient (Wildman–Crippen LogP) is -1.15. The molecule has 0 aromatic heterocycles. The largest absolute Gasteiger partial charge is 0.508 e. The van der Waals surface area contributed by atoms with Crippen LogP contribution in [0.1, 0.15) is 12.5 Å². The van der Waals surface area contributed by atoms with E-state index in [1.54, 1.807) is 12.1 Å². The van der Waals surface area contributed by atoms with Gasteiger partial charge in [0.05, 0.1) is 18.2 Å². The van der Waals surface area contributed by atoms with Crippen LogP contribution < -0.4 is 11.1 Å². The van der Waals surface area contributed by atoms with Crippen molar-refractivity contribution in [1.82, 2.24) is 10.2 Å². The number of hydrogen-bond acceptors (Lipinski definition) is 6. The molecule has 8 heteroatoms. The summed E-state index contributed by atoms with van der Waals surface area (Å²) < 4.78 is 0. The van der Waals surface area contributed by atoms with Crippen LogP contribution in [0.2, 0.25) is 0 Å². The zero-order valence-electron chi connectivity index (χ0n) is 12.7. The van der Waals surface area contributed by atoms with Crippen LogP contribution >= 0.6 is 0 Å². The number of aromatic hydroxyl groups is 1. The van der Waals surface area contributed by atoms with Gasteiger partial charge in [0.1, 0.15) is 18.5 Å². The van der Waals surface area contributed by atoms with Crippen LogP contribution in [0.25, 0.3) is 0 Å². The third kappa shape index (κ3) is 3.98. The van der Waals surface area contributed by atoms with Crippen LogP contribution in [-0.2, 0) is 16.0 Å². The van der Waals surface area contributed by atoms with E-state index < -0.39 is 36.9 Å². The maximum absolute atomic E-state index is 12.5. The number of carboxylic acids is 1. The van der Waals surface area contributed by atoms with E-state index in [2.05, 4.69) is 5.32 Å². The third-order valence-corrected chi connectivity index (χ3v) is 3.89. The number of nitrogens with one attached hydrogen (secondary N) is 1. The van der Waals surface area contributed by atoms with Crippen LogP contribution in [0.3, 0.4) is 0 Å². The Labute approximate surface area is 133 Å². The molecule has 1 unspecified atom stereocenters. The first-order valence-corrected chi connectivity index (χ1v) is 7.29. The van der Waals surface area contributed by atoms with Crippen molar-refractivity contribution in [2.24, 2.45) is 5.73 Å². The second kappa shape index (κ2) is 6.95. The second-order valence-electron chi connectivity index (χ2n) is 5.71. The maximum Gasteiger partial charge on any atom is 0.323 e. The Hall–Kier alpha value is -2.16. The normalized spacial score (nSPS) is 23.8. The summed E-state index contributed by atoms with van der Waals surface area (Å²) >= 11 is 0. The monoisotopic (exact) mass is 323 g/mol. The van der Waals surface area contributed by atoms with Gasteiger partial charge in [0.15, 0.2) is 0 Å². The van der Waals surface area contributed by atoms with Gasteiger partial charge in [0, 0.05) is 0 Å². The zero-order valence-corrected chi connectivity index (χ0v) is 12.7. The number of nitrogens with zero attached hydrogens (tertiary/aromatic N) is 1. The van der Waals surface area contributed by atoms with Crippen molar-refractivity contribution in [2.75, 3.05) is 6.54 Å². The first kappa shape index (κ1) is 17.2. The summed E-state index contributed by atoms with van der Waals surface area (Å²) in [6.45, 7) is 1.01. The number of benzene rings is 1. The molecule has 6 N–H and O–H groups in total. The molecule has 1 fully saturated rings. The smallest absolute Gasteiger partial charge is 0.323 e. The van der Waals surface area contributed by atoms with E-state index in [9.17, 15) is 19.8 Å². The topological polar surface area (TPSA) is 136 Å².